The number of nitrogens with zero attached hydrogens (tertiary/aromatic N) is 3. The summed E-state index contributed by atoms with van der Waals surface area (Å²) in [6.45, 7) is 5.73. The number of amides is 1. The molecular weight excluding hydrogens is 314 g/mol. The Kier molecular flexibility index (Phi) is 5.83. The van der Waals surface area contributed by atoms with E-state index in [2.05, 4.69) is 40.4 Å². The first kappa shape index (κ1) is 17.6. The lowest BCUT2D eigenvalue weighted by Crippen LogP contribution is -2.43. The lowest BCUT2D eigenvalue weighted by molar-refractivity contribution is -0.126. The Morgan fingerprint density at radius 3 is 3.00 bits per heavy atom. The summed E-state index contributed by atoms with van der Waals surface area (Å²) < 4.78 is 2.01. The number of piperidine rings is 1. The molecule has 2 heterocycles. The second kappa shape index (κ2) is 8.27. The van der Waals surface area contributed by atoms with Gasteiger partial charge in [-0.15, -0.1) is 0 Å². The van der Waals surface area contributed by atoms with Crippen molar-refractivity contribution in [3.63, 3.8) is 0 Å². The molecule has 6 nitrogen and oxygen atoms in total. The van der Waals surface area contributed by atoms with Gasteiger partial charge in [-0.3, -0.25) is 9.69 Å². The minimum absolute atomic E-state index is 0.0510. The molecule has 1 amide bonds. The highest BCUT2D eigenvalue weighted by atomic mass is 16.1. The third-order valence-electron chi connectivity index (χ3n) is 4.77. The molecule has 0 saturated carbocycles. The second-order valence-corrected chi connectivity index (χ2v) is 6.67. The molecule has 1 aliphatic heterocycles. The highest BCUT2D eigenvalue weighted by molar-refractivity contribution is 5.78. The molecule has 2 aromatic rings. The van der Waals surface area contributed by atoms with Crippen LogP contribution in [-0.2, 0) is 11.3 Å². The molecule has 1 unspecified atom stereocenters. The third kappa shape index (κ3) is 4.27. The summed E-state index contributed by atoms with van der Waals surface area (Å²) in [5.74, 6) is 0.178. The molecule has 0 aliphatic carbocycles. The van der Waals surface area contributed by atoms with Crippen molar-refractivity contribution in [2.45, 2.75) is 26.3 Å². The van der Waals surface area contributed by atoms with Gasteiger partial charge in [-0.25, -0.2) is 4.68 Å². The van der Waals surface area contributed by atoms with E-state index in [4.69, 9.17) is 5.73 Å². The number of para-hydroxylation sites is 1. The van der Waals surface area contributed by atoms with Crippen LogP contribution in [0.1, 0.15) is 24.1 Å². The summed E-state index contributed by atoms with van der Waals surface area (Å²) in [5.41, 5.74) is 8.93. The first-order valence-corrected chi connectivity index (χ1v) is 8.98. The molecule has 1 atom stereocenters. The smallest absolute Gasteiger partial charge is 0.224 e. The van der Waals surface area contributed by atoms with E-state index < -0.39 is 0 Å². The van der Waals surface area contributed by atoms with Crippen molar-refractivity contribution < 1.29 is 4.79 Å². The lowest BCUT2D eigenvalue weighted by atomic mass is 9.97. The van der Waals surface area contributed by atoms with Crippen molar-refractivity contribution in [3.05, 3.63) is 47.8 Å². The van der Waals surface area contributed by atoms with Gasteiger partial charge in [0.1, 0.15) is 0 Å². The zero-order valence-electron chi connectivity index (χ0n) is 14.8. The molecule has 134 valence electrons. The van der Waals surface area contributed by atoms with Crippen LogP contribution < -0.4 is 11.1 Å². The number of hydrogen-bond acceptors (Lipinski definition) is 4. The molecular formula is C19H27N5O. The summed E-state index contributed by atoms with van der Waals surface area (Å²) >= 11 is 0. The van der Waals surface area contributed by atoms with Crippen LogP contribution in [0.25, 0.3) is 5.69 Å². The zero-order chi connectivity index (χ0) is 17.6. The number of carbonyl (C=O) groups excluding carboxylic acids is 1. The normalized spacial score (nSPS) is 18.2. The molecule has 1 aliphatic rings. The van der Waals surface area contributed by atoms with E-state index in [0.29, 0.717) is 13.1 Å². The highest BCUT2D eigenvalue weighted by Gasteiger charge is 2.26. The molecule has 0 bridgehead atoms. The maximum atomic E-state index is 12.2. The van der Waals surface area contributed by atoms with Crippen LogP contribution in [0.5, 0.6) is 0 Å². The number of aromatic nitrogens is 2. The molecule has 0 radical (unpaired) electrons. The maximum Gasteiger partial charge on any atom is 0.224 e. The fraction of sp³-hybridized carbons (Fsp3) is 0.474. The quantitative estimate of drug-likeness (QED) is 0.834. The van der Waals surface area contributed by atoms with Crippen LogP contribution in [0.2, 0.25) is 0 Å². The van der Waals surface area contributed by atoms with Crippen LogP contribution >= 0.6 is 0 Å². The zero-order valence-corrected chi connectivity index (χ0v) is 14.8. The average molecular weight is 341 g/mol. The number of carbonyl (C=O) groups is 1. The number of nitrogens with two attached hydrogens (primary N) is 1. The molecule has 1 saturated heterocycles. The van der Waals surface area contributed by atoms with Crippen LogP contribution in [0.3, 0.4) is 0 Å². The van der Waals surface area contributed by atoms with Gasteiger partial charge < -0.3 is 11.1 Å². The first-order chi connectivity index (χ1) is 12.2. The van der Waals surface area contributed by atoms with Crippen molar-refractivity contribution in [2.75, 3.05) is 26.2 Å². The Morgan fingerprint density at radius 1 is 1.36 bits per heavy atom. The lowest BCUT2D eigenvalue weighted by Gasteiger charge is -2.32. The van der Waals surface area contributed by atoms with E-state index in [0.717, 1.165) is 43.9 Å². The van der Waals surface area contributed by atoms with Crippen LogP contribution in [0.4, 0.5) is 0 Å². The summed E-state index contributed by atoms with van der Waals surface area (Å²) in [4.78, 5) is 14.6. The van der Waals surface area contributed by atoms with E-state index >= 15 is 0 Å². The Hall–Kier alpha value is -2.18. The molecule has 1 aromatic carbocycles. The van der Waals surface area contributed by atoms with Gasteiger partial charge >= 0.3 is 0 Å². The maximum absolute atomic E-state index is 12.2. The second-order valence-electron chi connectivity index (χ2n) is 6.67. The topological polar surface area (TPSA) is 76.2 Å². The minimum atomic E-state index is 0.0510. The first-order valence-electron chi connectivity index (χ1n) is 8.98. The number of aryl methyl sites for hydroxylation is 1. The van der Waals surface area contributed by atoms with Gasteiger partial charge in [-0.05, 0) is 44.0 Å². The van der Waals surface area contributed by atoms with Gasteiger partial charge in [-0.1, -0.05) is 18.2 Å². The van der Waals surface area contributed by atoms with Crippen molar-refractivity contribution >= 4 is 5.91 Å². The summed E-state index contributed by atoms with van der Waals surface area (Å²) in [6, 6.07) is 10.3. The number of benzene rings is 1. The van der Waals surface area contributed by atoms with Gasteiger partial charge in [-0.2, -0.15) is 5.10 Å². The van der Waals surface area contributed by atoms with Crippen LogP contribution in [0, 0.1) is 12.8 Å². The van der Waals surface area contributed by atoms with E-state index in [9.17, 15) is 4.79 Å². The number of hydrogen-bond donors (Lipinski definition) is 2. The van der Waals surface area contributed by atoms with Crippen molar-refractivity contribution in [3.8, 4) is 5.69 Å². The Morgan fingerprint density at radius 2 is 2.20 bits per heavy atom. The average Bonchev–Trinajstić information content (AvgIpc) is 3.08. The monoisotopic (exact) mass is 341 g/mol. The third-order valence-corrected chi connectivity index (χ3v) is 4.77. The fourth-order valence-corrected chi connectivity index (χ4v) is 3.45. The summed E-state index contributed by atoms with van der Waals surface area (Å²) in [6.07, 6.45) is 3.83. The molecule has 6 heteroatoms. The molecule has 3 N–H and O–H groups in total. The van der Waals surface area contributed by atoms with Gasteiger partial charge in [0.05, 0.1) is 17.3 Å². The number of rotatable bonds is 6. The molecule has 3 rings (SSSR count). The van der Waals surface area contributed by atoms with Crippen molar-refractivity contribution in [1.29, 1.82) is 0 Å². The standard InChI is InChI=1S/C19H27N5O/c1-15-5-2-3-7-18(15)24-17(8-10-22-24)14-23-12-4-6-16(13-23)19(25)21-11-9-20/h2-3,5,7-8,10,16H,4,6,9,11-14,20H2,1H3,(H,21,25). The Labute approximate surface area is 149 Å². The molecule has 1 fully saturated rings. The minimum Gasteiger partial charge on any atom is -0.355 e. The highest BCUT2D eigenvalue weighted by Crippen LogP contribution is 2.21. The largest absolute Gasteiger partial charge is 0.355 e. The van der Waals surface area contributed by atoms with Crippen LogP contribution in [-0.4, -0.2) is 46.8 Å². The van der Waals surface area contributed by atoms with E-state index in [1.165, 1.54) is 5.56 Å². The number of nitrogens with one attached hydrogen (secondary N) is 1. The van der Waals surface area contributed by atoms with E-state index in [-0.39, 0.29) is 11.8 Å². The van der Waals surface area contributed by atoms with E-state index in [1.807, 2.05) is 23.0 Å². The number of likely N-dealkylation sites (tertiary alicyclic amines) is 1. The van der Waals surface area contributed by atoms with Gasteiger partial charge in [0.15, 0.2) is 0 Å². The van der Waals surface area contributed by atoms with Gasteiger partial charge in [0.2, 0.25) is 5.91 Å². The Balaban J connectivity index is 1.68. The molecule has 1 aromatic heterocycles. The fourth-order valence-electron chi connectivity index (χ4n) is 3.45. The van der Waals surface area contributed by atoms with Crippen molar-refractivity contribution in [2.24, 2.45) is 11.7 Å². The summed E-state index contributed by atoms with van der Waals surface area (Å²) in [7, 11) is 0. The van der Waals surface area contributed by atoms with Gasteiger partial charge in [0.25, 0.3) is 0 Å². The SMILES string of the molecule is Cc1ccccc1-n1nccc1CN1CCCC(C(=O)NCCN)C1. The molecule has 25 heavy (non-hydrogen) atoms. The van der Waals surface area contributed by atoms with Crippen LogP contribution in [0.15, 0.2) is 36.5 Å². The predicted molar refractivity (Wildman–Crippen MR) is 98.4 cm³/mol. The van der Waals surface area contributed by atoms with Crippen molar-refractivity contribution in [1.82, 2.24) is 20.0 Å². The van der Waals surface area contributed by atoms with Gasteiger partial charge in [0, 0.05) is 32.4 Å². The van der Waals surface area contributed by atoms with E-state index in [1.54, 1.807) is 0 Å². The summed E-state index contributed by atoms with van der Waals surface area (Å²) in [5, 5.41) is 7.42. The predicted octanol–water partition coefficient (Wildman–Crippen LogP) is 1.47. The Bertz CT molecular complexity index is 711. The molecule has 0 spiro atoms.